The van der Waals surface area contributed by atoms with Crippen LogP contribution in [0.5, 0.6) is 0 Å². The molecule has 36 rings (SSSR count). The van der Waals surface area contributed by atoms with Crippen molar-refractivity contribution in [3.05, 3.63) is 388 Å². The summed E-state index contributed by atoms with van der Waals surface area (Å²) >= 11 is 1.92. The topological polar surface area (TPSA) is 9.72 Å². The van der Waals surface area contributed by atoms with E-state index in [0.29, 0.717) is 16.2 Å². The third-order valence-electron chi connectivity index (χ3n) is 43.0. The predicted molar refractivity (Wildman–Crippen MR) is 594 cm³/mol. The number of fused-ring (bicyclic) bond motifs is 22. The van der Waals surface area contributed by atoms with Gasteiger partial charge in [-0.2, -0.15) is 0 Å². The van der Waals surface area contributed by atoms with Crippen LogP contribution in [0.1, 0.15) is 291 Å². The van der Waals surface area contributed by atoms with Crippen molar-refractivity contribution in [2.24, 2.45) is 88.8 Å². The zero-order valence-corrected chi connectivity index (χ0v) is 84.8. The number of nitrogens with zero attached hydrogens (tertiary/aromatic N) is 3. The Morgan fingerprint density at radius 2 is 0.497 bits per heavy atom. The van der Waals surface area contributed by atoms with Crippen LogP contribution in [-0.2, 0) is 27.1 Å². The summed E-state index contributed by atoms with van der Waals surface area (Å²) in [6.07, 6.45) is 43.5. The molecule has 714 valence electrons. The first-order chi connectivity index (χ1) is 70.2. The molecule has 9 unspecified atom stereocenters. The highest BCUT2D eigenvalue weighted by molar-refractivity contribution is 7.25. The van der Waals surface area contributed by atoms with Crippen LogP contribution in [0.15, 0.2) is 322 Å². The van der Waals surface area contributed by atoms with E-state index in [1.807, 2.05) is 11.3 Å². The first-order valence-electron chi connectivity index (χ1n) is 56.9. The predicted octanol–water partition coefficient (Wildman–Crippen LogP) is 37.6. The lowest BCUT2D eigenvalue weighted by Crippen LogP contribution is -2.48. The van der Waals surface area contributed by atoms with Gasteiger partial charge < -0.3 is 14.7 Å². The molecule has 143 heavy (non-hydrogen) atoms. The lowest BCUT2D eigenvalue weighted by Gasteiger charge is -2.57. The van der Waals surface area contributed by atoms with Gasteiger partial charge in [-0.1, -0.05) is 239 Å². The van der Waals surface area contributed by atoms with Gasteiger partial charge in [0.15, 0.2) is 0 Å². The van der Waals surface area contributed by atoms with Crippen molar-refractivity contribution < 1.29 is 0 Å². The molecule has 15 aromatic rings. The van der Waals surface area contributed by atoms with E-state index in [9.17, 15) is 0 Å². The van der Waals surface area contributed by atoms with Gasteiger partial charge in [0.1, 0.15) is 0 Å². The monoisotopic (exact) mass is 1880 g/mol. The molecular formula is C139H137N3S. The van der Waals surface area contributed by atoms with Gasteiger partial charge in [-0.05, 0) is 512 Å². The number of anilines is 9. The lowest BCUT2D eigenvalue weighted by molar-refractivity contribution is -0.00530. The number of benzene rings is 14. The van der Waals surface area contributed by atoms with E-state index >= 15 is 0 Å². The van der Waals surface area contributed by atoms with Gasteiger partial charge in [0, 0.05) is 76.8 Å². The lowest BCUT2D eigenvalue weighted by atomic mass is 9.48. The van der Waals surface area contributed by atoms with Gasteiger partial charge >= 0.3 is 0 Å². The molecule has 0 amide bonds. The van der Waals surface area contributed by atoms with Crippen LogP contribution in [0.25, 0.3) is 53.6 Å². The summed E-state index contributed by atoms with van der Waals surface area (Å²) in [6.45, 7) is 4.76. The highest BCUT2D eigenvalue weighted by Crippen LogP contribution is 2.69. The third kappa shape index (κ3) is 13.8. The number of hydrogen-bond donors (Lipinski definition) is 0. The Bertz CT molecular complexity index is 7340. The summed E-state index contributed by atoms with van der Waals surface area (Å²) in [4.78, 5) is 7.61. The standard InChI is InChI=1S/C54H49N.C44H47N.C41H41NS/c1-4-10-49-44(7-1)45-8-2-5-11-50(45)54(49)51-12-6-3-9-46(51)47-24-23-43(30-52(47)54)55(41-19-15-38(16-20-41)48-29-34-13-14-39(48)28-34)42-21-17-40(18-22-42)53-31-35-25-36(32-53)27-37(26-35)33-53;1-43(2)41-6-4-3-5-38(41)40-24-37(17-18-42(40)43)45(35-13-9-32(10-14-35)39-23-28-7-8-33(39)22-28)36-15-11-34(12-16-36)44-25-29-19-30(26-44)21-31(20-29)27-44;1-2-4-39-36(3-1)37-16-15-35(22-40(37)43-39)42(33-11-7-30(8-12-33)38-21-26-5-6-31(38)20-26)34-13-9-32(10-14-34)41-23-27-17-28(24-41)19-29(18-27)25-41/h1-12,15-24,30,34-37,39,48H,13-14,25-29,31-33H2;3-6,9-18,24,28-31,33,39H,7-8,19-23,25-27H2,1-2H3;1-4,7-16,22,26-29,31,38H,5-6,17-21,23-25H2. The summed E-state index contributed by atoms with van der Waals surface area (Å²) < 4.78 is 2.74. The van der Waals surface area contributed by atoms with Gasteiger partial charge in [0.2, 0.25) is 0 Å². The Morgan fingerprint density at radius 3 is 0.860 bits per heavy atom. The molecule has 21 aliphatic rings. The molecule has 4 heteroatoms. The minimum Gasteiger partial charge on any atom is -0.310 e. The molecular weight excluding hydrogens is 1740 g/mol. The molecule has 1 aromatic heterocycles. The van der Waals surface area contributed by atoms with E-state index in [0.717, 1.165) is 107 Å². The molecule has 18 saturated carbocycles. The van der Waals surface area contributed by atoms with Crippen LogP contribution in [0, 0.1) is 88.8 Å². The maximum Gasteiger partial charge on any atom is 0.0726 e. The van der Waals surface area contributed by atoms with Crippen molar-refractivity contribution in [2.45, 2.75) is 251 Å². The van der Waals surface area contributed by atoms with Gasteiger partial charge in [-0.25, -0.2) is 0 Å². The van der Waals surface area contributed by atoms with Crippen LogP contribution in [0.4, 0.5) is 51.2 Å². The van der Waals surface area contributed by atoms with E-state index in [1.165, 1.54) is 331 Å². The van der Waals surface area contributed by atoms with E-state index in [1.54, 1.807) is 33.4 Å². The molecule has 0 saturated heterocycles. The zero-order chi connectivity index (χ0) is 93.9. The van der Waals surface area contributed by atoms with Crippen molar-refractivity contribution in [2.75, 3.05) is 14.7 Å². The summed E-state index contributed by atoms with van der Waals surface area (Å²) in [7, 11) is 0. The number of thiophene rings is 1. The van der Waals surface area contributed by atoms with Crippen LogP contribution in [0.2, 0.25) is 0 Å². The van der Waals surface area contributed by atoms with Crippen LogP contribution in [0.3, 0.4) is 0 Å². The molecule has 18 fully saturated rings. The normalized spacial score (nSPS) is 31.3. The van der Waals surface area contributed by atoms with Crippen LogP contribution >= 0.6 is 11.3 Å². The zero-order valence-electron chi connectivity index (χ0n) is 84.0. The Labute approximate surface area is 852 Å². The fraction of sp³-hybridized carbons (Fsp3) is 0.396. The second kappa shape index (κ2) is 32.9. The fourth-order valence-electron chi connectivity index (χ4n) is 38.1. The summed E-state index contributed by atoms with van der Waals surface area (Å²) in [5.74, 6) is 16.6. The molecule has 14 aromatic carbocycles. The highest BCUT2D eigenvalue weighted by atomic mass is 32.1. The van der Waals surface area contributed by atoms with Crippen molar-refractivity contribution in [1.82, 2.24) is 0 Å². The highest BCUT2D eigenvalue weighted by Gasteiger charge is 2.57. The summed E-state index contributed by atoms with van der Waals surface area (Å²) in [5, 5.41) is 2.74. The third-order valence-corrected chi connectivity index (χ3v) is 44.1. The largest absolute Gasteiger partial charge is 0.310 e. The Hall–Kier alpha value is -11.3. The fourth-order valence-corrected chi connectivity index (χ4v) is 39.3. The van der Waals surface area contributed by atoms with Crippen LogP contribution in [-0.4, -0.2) is 0 Å². The molecule has 0 aliphatic heterocycles. The minimum absolute atomic E-state index is 0.0249. The molecule has 9 atom stereocenters. The molecule has 3 nitrogen and oxygen atoms in total. The van der Waals surface area contributed by atoms with Gasteiger partial charge in [-0.3, -0.25) is 0 Å². The maximum absolute atomic E-state index is 2.57. The van der Waals surface area contributed by atoms with E-state index < -0.39 is 0 Å². The van der Waals surface area contributed by atoms with E-state index in [4.69, 9.17) is 0 Å². The first kappa shape index (κ1) is 86.0. The summed E-state index contributed by atoms with van der Waals surface area (Å²) in [5.41, 5.74) is 38.5. The van der Waals surface area contributed by atoms with E-state index in [2.05, 4.69) is 350 Å². The van der Waals surface area contributed by atoms with Crippen molar-refractivity contribution in [1.29, 1.82) is 0 Å². The van der Waals surface area contributed by atoms with Crippen molar-refractivity contribution >= 4 is 82.7 Å². The van der Waals surface area contributed by atoms with Crippen LogP contribution < -0.4 is 14.7 Å². The molecule has 18 bridgehead atoms. The van der Waals surface area contributed by atoms with Crippen molar-refractivity contribution in [3.8, 4) is 33.4 Å². The molecule has 21 aliphatic carbocycles. The van der Waals surface area contributed by atoms with E-state index in [-0.39, 0.29) is 10.8 Å². The Balaban J connectivity index is 0.0000000991. The average molecular weight is 1880 g/mol. The smallest absolute Gasteiger partial charge is 0.0726 e. The maximum atomic E-state index is 2.57. The first-order valence-corrected chi connectivity index (χ1v) is 57.7. The molecule has 0 N–H and O–H groups in total. The molecule has 1 spiro atoms. The second-order valence-corrected chi connectivity index (χ2v) is 52.2. The quantitative estimate of drug-likeness (QED) is 0.101. The summed E-state index contributed by atoms with van der Waals surface area (Å²) in [6, 6.07) is 126. The second-order valence-electron chi connectivity index (χ2n) is 51.2. The average Bonchev–Trinajstić information content (AvgIpc) is 1.50. The molecule has 0 radical (unpaired) electrons. The minimum atomic E-state index is -0.352. The number of rotatable bonds is 15. The van der Waals surface area contributed by atoms with Crippen molar-refractivity contribution in [3.63, 3.8) is 0 Å². The Kier molecular flexibility index (Phi) is 19.8. The molecule has 1 heterocycles. The number of hydrogen-bond acceptors (Lipinski definition) is 4. The van der Waals surface area contributed by atoms with Gasteiger partial charge in [0.25, 0.3) is 0 Å². The van der Waals surface area contributed by atoms with Gasteiger partial charge in [0.05, 0.1) is 5.41 Å². The SMILES string of the molecule is CC1(C)c2ccccc2-c2cc(N(c3ccc(C4CC5CCC4C5)cc3)c3ccc(C45CC6CC(CC(C6)C4)C5)cc3)ccc21.c1ccc2c(c1)-c1ccccc1C21c2ccccc2-c2ccc(N(c3ccc(C4CC5CCC4C5)cc3)c3ccc(C45CC6CC(CC(C6)C4)C5)cc3)cc21.c1ccc2c(c1)sc1cc(N(c3ccc(C4CC5CCC4C5)cc3)c3ccc(C45CC6CC(CC(C6)C4)C5)cc3)ccc12. The van der Waals surface area contributed by atoms with Gasteiger partial charge in [-0.15, -0.1) is 11.3 Å². The Morgan fingerprint density at radius 1 is 0.210 bits per heavy atom.